The van der Waals surface area contributed by atoms with Crippen LogP contribution >= 0.6 is 0 Å². The van der Waals surface area contributed by atoms with Crippen molar-refractivity contribution in [2.45, 2.75) is 25.2 Å². The molecule has 0 aliphatic heterocycles. The summed E-state index contributed by atoms with van der Waals surface area (Å²) >= 11 is 0. The summed E-state index contributed by atoms with van der Waals surface area (Å²) in [5.41, 5.74) is -6.63. The van der Waals surface area contributed by atoms with Gasteiger partial charge in [0.15, 0.2) is 0 Å². The molecule has 0 unspecified atom stereocenters. The van der Waals surface area contributed by atoms with E-state index < -0.39 is 68.8 Å². The van der Waals surface area contributed by atoms with Crippen molar-refractivity contribution in [1.29, 1.82) is 0 Å². The number of carbonyl (C=O) groups excluding carboxylic acids is 1. The largest absolute Gasteiger partial charge is 0.458 e. The molecule has 2 rings (SSSR count). The van der Waals surface area contributed by atoms with E-state index in [4.69, 9.17) is 0 Å². The number of hydrogen-bond donors (Lipinski definition) is 1. The van der Waals surface area contributed by atoms with Crippen LogP contribution in [0.2, 0.25) is 0 Å². The Kier molecular flexibility index (Phi) is 5.79. The Balaban J connectivity index is 2.57. The summed E-state index contributed by atoms with van der Waals surface area (Å²) in [6.45, 7) is 0.800. The van der Waals surface area contributed by atoms with E-state index in [1.54, 1.807) is 5.32 Å². The lowest BCUT2D eigenvalue weighted by Crippen LogP contribution is -2.34. The van der Waals surface area contributed by atoms with Gasteiger partial charge in [0.05, 0.1) is 16.2 Å². The molecule has 0 heterocycles. The molecule has 2 aromatic carbocycles. The molecule has 1 N–H and O–H groups in total. The lowest BCUT2D eigenvalue weighted by Gasteiger charge is -2.23. The van der Waals surface area contributed by atoms with Gasteiger partial charge < -0.3 is 5.32 Å². The van der Waals surface area contributed by atoms with Crippen molar-refractivity contribution in [2.75, 3.05) is 5.32 Å². The third-order valence-electron chi connectivity index (χ3n) is 3.92. The van der Waals surface area contributed by atoms with E-state index in [1.165, 1.54) is 0 Å². The fourth-order valence-corrected chi connectivity index (χ4v) is 2.47. The number of nitrogens with zero attached hydrogens (tertiary/aromatic N) is 1. The van der Waals surface area contributed by atoms with Crippen molar-refractivity contribution in [3.8, 4) is 0 Å². The van der Waals surface area contributed by atoms with E-state index in [1.807, 2.05) is 0 Å². The molecule has 0 saturated carbocycles. The summed E-state index contributed by atoms with van der Waals surface area (Å²) < 4.78 is 105. The Hall–Kier alpha value is -3.25. The molecule has 0 bridgehead atoms. The van der Waals surface area contributed by atoms with Gasteiger partial charge in [0.1, 0.15) is 0 Å². The molecule has 0 fully saturated rings. The lowest BCUT2D eigenvalue weighted by molar-refractivity contribution is -0.384. The summed E-state index contributed by atoms with van der Waals surface area (Å²) in [5.74, 6) is -6.83. The third kappa shape index (κ3) is 4.49. The van der Waals surface area contributed by atoms with Crippen LogP contribution in [0.5, 0.6) is 0 Å². The maximum Gasteiger partial charge on any atom is 0.458 e. The first kappa shape index (κ1) is 23.0. The number of nitro groups is 1. The SMILES string of the molecule is Cc1cc(C(F)(F)C(F)(F)F)cc(C(F)(F)F)c1NC(=O)c1cccc([N+](=O)[O-])c1. The lowest BCUT2D eigenvalue weighted by atomic mass is 9.98. The van der Waals surface area contributed by atoms with Gasteiger partial charge in [-0.3, -0.25) is 14.9 Å². The van der Waals surface area contributed by atoms with E-state index in [0.717, 1.165) is 31.2 Å². The molecule has 0 aromatic heterocycles. The predicted octanol–water partition coefficient (Wildman–Crippen LogP) is 5.83. The van der Waals surface area contributed by atoms with Gasteiger partial charge in [-0.25, -0.2) is 0 Å². The van der Waals surface area contributed by atoms with Crippen molar-refractivity contribution in [3.63, 3.8) is 0 Å². The molecule has 2 aromatic rings. The normalized spacial score (nSPS) is 12.6. The number of carbonyl (C=O) groups is 1. The zero-order chi connectivity index (χ0) is 23.1. The molecule has 162 valence electrons. The highest BCUT2D eigenvalue weighted by atomic mass is 19.4. The average Bonchev–Trinajstić information content (AvgIpc) is 2.61. The van der Waals surface area contributed by atoms with Crippen LogP contribution in [0.15, 0.2) is 36.4 Å². The summed E-state index contributed by atoms with van der Waals surface area (Å²) in [4.78, 5) is 22.1. The quantitative estimate of drug-likeness (QED) is 0.368. The Morgan fingerprint density at radius 3 is 2.10 bits per heavy atom. The van der Waals surface area contributed by atoms with Crippen molar-refractivity contribution in [1.82, 2.24) is 0 Å². The number of alkyl halides is 8. The number of nitrogens with one attached hydrogen (secondary N) is 1. The maximum absolute atomic E-state index is 13.5. The van der Waals surface area contributed by atoms with Gasteiger partial charge >= 0.3 is 18.3 Å². The van der Waals surface area contributed by atoms with Crippen LogP contribution in [0.25, 0.3) is 0 Å². The molecule has 0 spiro atoms. The van der Waals surface area contributed by atoms with Crippen molar-refractivity contribution < 1.29 is 44.8 Å². The fourth-order valence-electron chi connectivity index (χ4n) is 2.47. The van der Waals surface area contributed by atoms with E-state index in [-0.39, 0.29) is 6.07 Å². The number of anilines is 1. The molecule has 0 aliphatic rings. The molecular weight excluding hydrogens is 432 g/mol. The Bertz CT molecular complexity index is 999. The second-order valence-corrected chi connectivity index (χ2v) is 6.05. The highest BCUT2D eigenvalue weighted by Crippen LogP contribution is 2.47. The van der Waals surface area contributed by atoms with E-state index in [2.05, 4.69) is 0 Å². The van der Waals surface area contributed by atoms with Crippen LogP contribution in [-0.4, -0.2) is 17.0 Å². The van der Waals surface area contributed by atoms with Gasteiger partial charge in [-0.05, 0) is 30.7 Å². The fraction of sp³-hybridized carbons (Fsp3) is 0.235. The summed E-state index contributed by atoms with van der Waals surface area (Å²) in [7, 11) is 0. The number of rotatable bonds is 4. The predicted molar refractivity (Wildman–Crippen MR) is 87.2 cm³/mol. The van der Waals surface area contributed by atoms with Gasteiger partial charge in [-0.1, -0.05) is 6.07 Å². The number of hydrogen-bond acceptors (Lipinski definition) is 3. The number of amides is 1. The van der Waals surface area contributed by atoms with Crippen LogP contribution in [0.1, 0.15) is 27.0 Å². The number of non-ortho nitro benzene ring substituents is 1. The van der Waals surface area contributed by atoms with Crippen LogP contribution in [0, 0.1) is 17.0 Å². The topological polar surface area (TPSA) is 72.2 Å². The number of aryl methyl sites for hydroxylation is 1. The summed E-state index contributed by atoms with van der Waals surface area (Å²) in [5, 5.41) is 12.5. The minimum absolute atomic E-state index is 0.172. The Morgan fingerprint density at radius 1 is 1.00 bits per heavy atom. The van der Waals surface area contributed by atoms with Gasteiger partial charge in [0, 0.05) is 23.3 Å². The minimum Gasteiger partial charge on any atom is -0.321 e. The zero-order valence-corrected chi connectivity index (χ0v) is 14.7. The molecule has 5 nitrogen and oxygen atoms in total. The zero-order valence-electron chi connectivity index (χ0n) is 14.7. The second-order valence-electron chi connectivity index (χ2n) is 6.05. The molecular formula is C17H10F8N2O3. The number of halogens is 8. The Labute approximate surface area is 162 Å². The third-order valence-corrected chi connectivity index (χ3v) is 3.92. The van der Waals surface area contributed by atoms with Gasteiger partial charge in [0.2, 0.25) is 0 Å². The van der Waals surface area contributed by atoms with Crippen LogP contribution in [0.4, 0.5) is 46.5 Å². The first-order valence-electron chi connectivity index (χ1n) is 7.78. The van der Waals surface area contributed by atoms with E-state index in [9.17, 15) is 50.0 Å². The highest BCUT2D eigenvalue weighted by molar-refractivity contribution is 6.05. The van der Waals surface area contributed by atoms with Crippen LogP contribution in [-0.2, 0) is 12.1 Å². The standard InChI is InChI=1S/C17H10F8N2O3/c1-8-5-10(15(18,19)17(23,24)25)7-12(16(20,21)22)13(8)26-14(28)9-3-2-4-11(6-9)27(29)30/h2-7H,1H3,(H,26,28). The van der Waals surface area contributed by atoms with Crippen LogP contribution in [0.3, 0.4) is 0 Å². The summed E-state index contributed by atoms with van der Waals surface area (Å²) in [6.07, 6.45) is -11.5. The molecule has 0 atom stereocenters. The Morgan fingerprint density at radius 2 is 1.60 bits per heavy atom. The molecule has 30 heavy (non-hydrogen) atoms. The van der Waals surface area contributed by atoms with Gasteiger partial charge in [-0.15, -0.1) is 0 Å². The first-order chi connectivity index (χ1) is 13.6. The van der Waals surface area contributed by atoms with Crippen molar-refractivity contribution >= 4 is 17.3 Å². The molecule has 13 heteroatoms. The number of nitro benzene ring substituents is 1. The second kappa shape index (κ2) is 7.54. The van der Waals surface area contributed by atoms with Gasteiger partial charge in [-0.2, -0.15) is 35.1 Å². The van der Waals surface area contributed by atoms with Crippen molar-refractivity contribution in [2.24, 2.45) is 0 Å². The smallest absolute Gasteiger partial charge is 0.321 e. The molecule has 0 saturated heterocycles. The molecule has 1 amide bonds. The monoisotopic (exact) mass is 442 g/mol. The van der Waals surface area contributed by atoms with Gasteiger partial charge in [0.25, 0.3) is 11.6 Å². The minimum atomic E-state index is -6.14. The molecule has 0 radical (unpaired) electrons. The van der Waals surface area contributed by atoms with E-state index in [0.29, 0.717) is 0 Å². The van der Waals surface area contributed by atoms with E-state index >= 15 is 0 Å². The highest BCUT2D eigenvalue weighted by Gasteiger charge is 2.59. The maximum atomic E-state index is 13.5. The van der Waals surface area contributed by atoms with Crippen molar-refractivity contribution in [3.05, 3.63) is 68.8 Å². The average molecular weight is 442 g/mol. The number of benzene rings is 2. The summed E-state index contributed by atoms with van der Waals surface area (Å²) in [6, 6.07) is 3.66. The molecule has 0 aliphatic carbocycles. The first-order valence-corrected chi connectivity index (χ1v) is 7.78. The van der Waals surface area contributed by atoms with Crippen LogP contribution < -0.4 is 5.32 Å².